The Morgan fingerprint density at radius 2 is 1.77 bits per heavy atom. The second kappa shape index (κ2) is 11.2. The van der Waals surface area contributed by atoms with E-state index in [1.807, 2.05) is 0 Å². The van der Waals surface area contributed by atoms with Crippen LogP contribution < -0.4 is 19.8 Å². The first-order chi connectivity index (χ1) is 19.6. The van der Waals surface area contributed by atoms with Gasteiger partial charge in [0.25, 0.3) is 5.56 Å². The van der Waals surface area contributed by atoms with Gasteiger partial charge in [0.05, 0.1) is 37.7 Å². The fourth-order valence-corrected chi connectivity index (χ4v) is 5.60. The van der Waals surface area contributed by atoms with Crippen molar-refractivity contribution >= 4 is 16.6 Å². The molecule has 3 aliphatic rings. The van der Waals surface area contributed by atoms with E-state index in [1.165, 1.54) is 0 Å². The zero-order chi connectivity index (χ0) is 27.6. The molecule has 1 saturated heterocycles. The Bertz CT molecular complexity index is 1590. The van der Waals surface area contributed by atoms with Crippen molar-refractivity contribution in [3.05, 3.63) is 61.8 Å². The number of azide groups is 1. The van der Waals surface area contributed by atoms with Gasteiger partial charge in [-0.05, 0) is 42.6 Å². The standard InChI is InChI=1S/C28H29N5O7/c29-31-30-3-1-8-38-22-12-18-21(11-17(22)15-34)28(36)33(5-2-4-32-6-9-37-10-7-32)26-19-13-23-24(40-16-39-23)14-20(19)27(35)25(18)26/h11-14,34H,1-10,15-16H2. The summed E-state index contributed by atoms with van der Waals surface area (Å²) in [4.78, 5) is 33.0. The molecular formula is C28H29N5O7. The minimum Gasteiger partial charge on any atom is -0.493 e. The summed E-state index contributed by atoms with van der Waals surface area (Å²) in [6.45, 7) is 4.55. The van der Waals surface area contributed by atoms with Gasteiger partial charge in [-0.25, -0.2) is 0 Å². The van der Waals surface area contributed by atoms with Gasteiger partial charge in [-0.2, -0.15) is 0 Å². The molecule has 2 aliphatic heterocycles. The first kappa shape index (κ1) is 26.1. The van der Waals surface area contributed by atoms with Crippen LogP contribution in [0, 0.1) is 0 Å². The highest BCUT2D eigenvalue weighted by atomic mass is 16.7. The van der Waals surface area contributed by atoms with Gasteiger partial charge in [0.15, 0.2) is 17.3 Å². The van der Waals surface area contributed by atoms with Crippen LogP contribution in [0.4, 0.5) is 0 Å². The minimum absolute atomic E-state index is 0.0770. The van der Waals surface area contributed by atoms with Crippen LogP contribution in [-0.4, -0.2) is 73.1 Å². The highest BCUT2D eigenvalue weighted by Crippen LogP contribution is 2.46. The second-order valence-corrected chi connectivity index (χ2v) is 9.89. The van der Waals surface area contributed by atoms with Crippen molar-refractivity contribution in [2.24, 2.45) is 5.11 Å². The van der Waals surface area contributed by atoms with Crippen molar-refractivity contribution in [3.8, 4) is 28.5 Å². The predicted octanol–water partition coefficient (Wildman–Crippen LogP) is 3.24. The van der Waals surface area contributed by atoms with Crippen molar-refractivity contribution in [3.63, 3.8) is 0 Å². The lowest BCUT2D eigenvalue weighted by Gasteiger charge is -2.26. The Labute approximate surface area is 229 Å². The molecular weight excluding hydrogens is 518 g/mol. The van der Waals surface area contributed by atoms with Crippen molar-refractivity contribution in [2.45, 2.75) is 26.0 Å². The smallest absolute Gasteiger partial charge is 0.258 e. The SMILES string of the molecule is [N-]=[N+]=NCCCOc1cc2c3c(n(CCCN4CCOCC4)c(=O)c2cc1CO)-c1cc2c(cc1C3=O)OCO2. The zero-order valence-electron chi connectivity index (χ0n) is 21.9. The van der Waals surface area contributed by atoms with E-state index in [9.17, 15) is 14.7 Å². The lowest BCUT2D eigenvalue weighted by atomic mass is 10.00. The van der Waals surface area contributed by atoms with Crippen molar-refractivity contribution in [2.75, 3.05) is 52.8 Å². The molecule has 6 rings (SSSR count). The maximum atomic E-state index is 14.0. The van der Waals surface area contributed by atoms with Gasteiger partial charge < -0.3 is 28.6 Å². The van der Waals surface area contributed by atoms with Crippen LogP contribution in [0.25, 0.3) is 32.5 Å². The minimum atomic E-state index is -0.343. The molecule has 0 saturated carbocycles. The maximum absolute atomic E-state index is 14.0. The molecule has 12 nitrogen and oxygen atoms in total. The molecule has 1 fully saturated rings. The first-order valence-electron chi connectivity index (χ1n) is 13.4. The van der Waals surface area contributed by atoms with E-state index in [1.54, 1.807) is 28.8 Å². The molecule has 2 aromatic carbocycles. The number of hydrogen-bond donors (Lipinski definition) is 1. The monoisotopic (exact) mass is 547 g/mol. The number of fused-ring (bicyclic) bond motifs is 6. The van der Waals surface area contributed by atoms with Crippen LogP contribution in [0.3, 0.4) is 0 Å². The number of aromatic nitrogens is 1. The highest BCUT2D eigenvalue weighted by molar-refractivity contribution is 6.27. The summed E-state index contributed by atoms with van der Waals surface area (Å²) in [6, 6.07) is 6.74. The molecule has 12 heteroatoms. The van der Waals surface area contributed by atoms with Crippen molar-refractivity contribution in [1.82, 2.24) is 9.47 Å². The molecule has 0 radical (unpaired) electrons. The summed E-state index contributed by atoms with van der Waals surface area (Å²) in [7, 11) is 0. The first-order valence-corrected chi connectivity index (χ1v) is 13.4. The van der Waals surface area contributed by atoms with E-state index in [4.69, 9.17) is 24.5 Å². The van der Waals surface area contributed by atoms with E-state index in [0.29, 0.717) is 88.6 Å². The number of carbonyl (C=O) groups excluding carboxylic acids is 1. The molecule has 0 spiro atoms. The van der Waals surface area contributed by atoms with Gasteiger partial charge in [0, 0.05) is 65.1 Å². The van der Waals surface area contributed by atoms with Gasteiger partial charge >= 0.3 is 0 Å². The molecule has 1 aliphatic carbocycles. The Morgan fingerprint density at radius 3 is 2.52 bits per heavy atom. The molecule has 0 atom stereocenters. The summed E-state index contributed by atoms with van der Waals surface area (Å²) < 4.78 is 24.2. The molecule has 40 heavy (non-hydrogen) atoms. The number of aliphatic hydroxyl groups is 1. The van der Waals surface area contributed by atoms with Gasteiger partial charge in [-0.1, -0.05) is 5.11 Å². The third kappa shape index (κ3) is 4.65. The second-order valence-electron chi connectivity index (χ2n) is 9.89. The zero-order valence-corrected chi connectivity index (χ0v) is 21.9. The number of benzene rings is 2. The number of aliphatic hydroxyl groups excluding tert-OH is 1. The highest BCUT2D eigenvalue weighted by Gasteiger charge is 2.35. The molecule has 3 heterocycles. The molecule has 1 aromatic heterocycles. The number of carbonyl (C=O) groups is 1. The van der Waals surface area contributed by atoms with Crippen LogP contribution in [0.15, 0.2) is 34.2 Å². The van der Waals surface area contributed by atoms with E-state index >= 15 is 0 Å². The van der Waals surface area contributed by atoms with Crippen LogP contribution in [0.2, 0.25) is 0 Å². The van der Waals surface area contributed by atoms with Crippen LogP contribution >= 0.6 is 0 Å². The van der Waals surface area contributed by atoms with E-state index in [2.05, 4.69) is 14.9 Å². The summed E-state index contributed by atoms with van der Waals surface area (Å²) in [5.74, 6) is 1.20. The largest absolute Gasteiger partial charge is 0.493 e. The summed E-state index contributed by atoms with van der Waals surface area (Å²) in [5, 5.41) is 14.4. The lowest BCUT2D eigenvalue weighted by molar-refractivity contribution is 0.0369. The number of hydrogen-bond acceptors (Lipinski definition) is 9. The topological polar surface area (TPSA) is 148 Å². The molecule has 208 valence electrons. The summed E-state index contributed by atoms with van der Waals surface area (Å²) in [6.07, 6.45) is 1.19. The van der Waals surface area contributed by atoms with E-state index in [0.717, 1.165) is 19.6 Å². The molecule has 0 unspecified atom stereocenters. The quantitative estimate of drug-likeness (QED) is 0.138. The third-order valence-electron chi connectivity index (χ3n) is 7.55. The van der Waals surface area contributed by atoms with E-state index in [-0.39, 0.29) is 37.9 Å². The van der Waals surface area contributed by atoms with Gasteiger partial charge in [0.2, 0.25) is 6.79 Å². The lowest BCUT2D eigenvalue weighted by Crippen LogP contribution is -2.37. The number of ether oxygens (including phenoxy) is 4. The Kier molecular flexibility index (Phi) is 7.31. The number of nitrogens with zero attached hydrogens (tertiary/aromatic N) is 5. The number of ketones is 1. The van der Waals surface area contributed by atoms with Crippen LogP contribution in [-0.2, 0) is 17.9 Å². The maximum Gasteiger partial charge on any atom is 0.258 e. The Hall–Kier alpha value is -4.09. The third-order valence-corrected chi connectivity index (χ3v) is 7.55. The number of morpholine rings is 1. The van der Waals surface area contributed by atoms with E-state index < -0.39 is 0 Å². The average Bonchev–Trinajstić information content (AvgIpc) is 3.55. The Morgan fingerprint density at radius 1 is 1.00 bits per heavy atom. The van der Waals surface area contributed by atoms with Gasteiger partial charge in [-0.15, -0.1) is 0 Å². The van der Waals surface area contributed by atoms with Crippen molar-refractivity contribution in [1.29, 1.82) is 0 Å². The molecule has 0 amide bonds. The number of pyridine rings is 1. The molecule has 0 bridgehead atoms. The normalized spacial score (nSPS) is 15.7. The summed E-state index contributed by atoms with van der Waals surface area (Å²) in [5.41, 5.74) is 10.8. The molecule has 3 aromatic rings. The van der Waals surface area contributed by atoms with Crippen molar-refractivity contribution < 1.29 is 28.8 Å². The number of rotatable bonds is 10. The van der Waals surface area contributed by atoms with Gasteiger partial charge in [0.1, 0.15) is 5.75 Å². The summed E-state index contributed by atoms with van der Waals surface area (Å²) >= 11 is 0. The Balaban J connectivity index is 1.45. The average molecular weight is 548 g/mol. The van der Waals surface area contributed by atoms with Crippen LogP contribution in [0.5, 0.6) is 17.2 Å². The predicted molar refractivity (Wildman–Crippen MR) is 145 cm³/mol. The van der Waals surface area contributed by atoms with Gasteiger partial charge in [-0.3, -0.25) is 14.5 Å². The molecule has 1 N–H and O–H groups in total. The van der Waals surface area contributed by atoms with Crippen LogP contribution in [0.1, 0.15) is 34.3 Å². The fourth-order valence-electron chi connectivity index (χ4n) is 5.60. The fraction of sp³-hybridized carbons (Fsp3) is 0.429.